The molecule has 0 amide bonds. The van der Waals surface area contributed by atoms with Crippen molar-refractivity contribution in [3.8, 4) is 28.1 Å². The van der Waals surface area contributed by atoms with Gasteiger partial charge in [-0.3, -0.25) is 9.71 Å². The highest BCUT2D eigenvalue weighted by Gasteiger charge is 2.19. The Balaban J connectivity index is 1.60. The lowest BCUT2D eigenvalue weighted by Gasteiger charge is -2.16. The summed E-state index contributed by atoms with van der Waals surface area (Å²) in [5.41, 5.74) is 3.59. The minimum absolute atomic E-state index is 0.0663. The van der Waals surface area contributed by atoms with Gasteiger partial charge in [0.2, 0.25) is 0 Å². The van der Waals surface area contributed by atoms with Crippen LogP contribution in [0.4, 0.5) is 10.2 Å². The van der Waals surface area contributed by atoms with Crippen molar-refractivity contribution < 1.29 is 22.1 Å². The molecule has 5 rings (SSSR count). The molecule has 0 bridgehead atoms. The molecule has 7 nitrogen and oxygen atoms in total. The summed E-state index contributed by atoms with van der Waals surface area (Å²) in [4.78, 5) is 4.63. The number of halogens is 2. The lowest BCUT2D eigenvalue weighted by molar-refractivity contribution is 0.416. The first kappa shape index (κ1) is 23.8. The number of fused-ring (bicyclic) bond motifs is 1. The summed E-state index contributed by atoms with van der Waals surface area (Å²) < 4.78 is 52.3. The minimum atomic E-state index is -3.87. The molecule has 0 aliphatic rings. The van der Waals surface area contributed by atoms with Crippen LogP contribution < -0.4 is 9.46 Å². The van der Waals surface area contributed by atoms with E-state index in [2.05, 4.69) is 19.4 Å². The molecule has 0 unspecified atom stereocenters. The van der Waals surface area contributed by atoms with Gasteiger partial charge in [0, 0.05) is 28.2 Å². The van der Waals surface area contributed by atoms with Gasteiger partial charge in [0.15, 0.2) is 5.82 Å². The lowest BCUT2D eigenvalue weighted by Crippen LogP contribution is -2.13. The Morgan fingerprint density at radius 3 is 2.58 bits per heavy atom. The largest absolute Gasteiger partial charge is 0.496 e. The molecule has 0 atom stereocenters. The van der Waals surface area contributed by atoms with Crippen molar-refractivity contribution in [1.82, 2.24) is 10.1 Å². The van der Waals surface area contributed by atoms with Gasteiger partial charge in [0.05, 0.1) is 17.7 Å². The minimum Gasteiger partial charge on any atom is -0.496 e. The van der Waals surface area contributed by atoms with E-state index < -0.39 is 15.8 Å². The molecule has 3 aromatic carbocycles. The van der Waals surface area contributed by atoms with Crippen LogP contribution in [0.5, 0.6) is 5.75 Å². The standard InChI is InChI=1S/C26H19ClFN3O4S/c1-15-9-23(24(34-2)14-22(15)17-10-18(27)13-19(28)11-17)26-21-4-3-20(12-16(21)5-7-29-26)36(32,33)31-25-6-8-35-30-25/h3-14H,1-2H3,(H,30,31). The molecule has 36 heavy (non-hydrogen) atoms. The van der Waals surface area contributed by atoms with Gasteiger partial charge in [-0.2, -0.15) is 0 Å². The van der Waals surface area contributed by atoms with Gasteiger partial charge in [-0.05, 0) is 77.5 Å². The summed E-state index contributed by atoms with van der Waals surface area (Å²) in [5, 5.41) is 5.29. The van der Waals surface area contributed by atoms with Crippen LogP contribution in [0.1, 0.15) is 5.56 Å². The van der Waals surface area contributed by atoms with E-state index in [4.69, 9.17) is 16.3 Å². The highest BCUT2D eigenvalue weighted by atomic mass is 35.5. The smallest absolute Gasteiger partial charge is 0.263 e. The van der Waals surface area contributed by atoms with Gasteiger partial charge < -0.3 is 9.26 Å². The lowest BCUT2D eigenvalue weighted by atomic mass is 9.95. The van der Waals surface area contributed by atoms with Crippen molar-refractivity contribution in [3.63, 3.8) is 0 Å². The van der Waals surface area contributed by atoms with Gasteiger partial charge >= 0.3 is 0 Å². The zero-order chi connectivity index (χ0) is 25.4. The summed E-state index contributed by atoms with van der Waals surface area (Å²) in [6.07, 6.45) is 2.88. The first-order valence-electron chi connectivity index (χ1n) is 10.7. The molecule has 0 fully saturated rings. The maximum atomic E-state index is 14.0. The first-order chi connectivity index (χ1) is 17.2. The zero-order valence-electron chi connectivity index (χ0n) is 19.1. The van der Waals surface area contributed by atoms with E-state index in [0.717, 1.165) is 16.5 Å². The van der Waals surface area contributed by atoms with Crippen molar-refractivity contribution in [2.45, 2.75) is 11.8 Å². The van der Waals surface area contributed by atoms with Gasteiger partial charge in [-0.1, -0.05) is 22.8 Å². The molecule has 0 saturated carbocycles. The Hall–Kier alpha value is -3.95. The Kier molecular flexibility index (Phi) is 6.11. The summed E-state index contributed by atoms with van der Waals surface area (Å²) in [5.74, 6) is 0.185. The second-order valence-electron chi connectivity index (χ2n) is 8.06. The Bertz CT molecular complexity index is 1690. The predicted molar refractivity (Wildman–Crippen MR) is 136 cm³/mol. The molecule has 0 radical (unpaired) electrons. The number of ether oxygens (including phenoxy) is 1. The van der Waals surface area contributed by atoms with Crippen molar-refractivity contribution in [2.24, 2.45) is 0 Å². The molecule has 0 spiro atoms. The number of hydrogen-bond acceptors (Lipinski definition) is 6. The van der Waals surface area contributed by atoms with Crippen LogP contribution in [-0.2, 0) is 10.0 Å². The van der Waals surface area contributed by atoms with Crippen LogP contribution in [0.15, 0.2) is 82.5 Å². The third-order valence-corrected chi connectivity index (χ3v) is 7.27. The highest BCUT2D eigenvalue weighted by Crippen LogP contribution is 2.39. The van der Waals surface area contributed by atoms with E-state index in [0.29, 0.717) is 33.0 Å². The summed E-state index contributed by atoms with van der Waals surface area (Å²) in [7, 11) is -2.33. The third-order valence-electron chi connectivity index (χ3n) is 5.70. The summed E-state index contributed by atoms with van der Waals surface area (Å²) >= 11 is 6.07. The number of aryl methyl sites for hydroxylation is 1. The van der Waals surface area contributed by atoms with E-state index in [-0.39, 0.29) is 10.7 Å². The normalized spacial score (nSPS) is 11.6. The van der Waals surface area contributed by atoms with Crippen LogP contribution in [-0.4, -0.2) is 25.7 Å². The van der Waals surface area contributed by atoms with E-state index in [1.807, 2.05) is 19.1 Å². The molecule has 0 aliphatic heterocycles. The van der Waals surface area contributed by atoms with Crippen molar-refractivity contribution in [2.75, 3.05) is 11.8 Å². The van der Waals surface area contributed by atoms with E-state index in [1.54, 1.807) is 37.6 Å². The van der Waals surface area contributed by atoms with Gasteiger partial charge in [-0.15, -0.1) is 0 Å². The molecular weight excluding hydrogens is 505 g/mol. The SMILES string of the molecule is COc1cc(-c2cc(F)cc(Cl)c2)c(C)cc1-c1nccc2cc(S(=O)(=O)Nc3ccon3)ccc12. The molecule has 2 heterocycles. The average Bonchev–Trinajstić information content (AvgIpc) is 3.35. The van der Waals surface area contributed by atoms with E-state index in [1.165, 1.54) is 30.5 Å². The Morgan fingerprint density at radius 2 is 1.86 bits per heavy atom. The number of nitrogens with zero attached hydrogens (tertiary/aromatic N) is 2. The number of methoxy groups -OCH3 is 1. The predicted octanol–water partition coefficient (Wildman–Crippen LogP) is 6.47. The number of nitrogens with one attached hydrogen (secondary N) is 1. The Morgan fingerprint density at radius 1 is 1.03 bits per heavy atom. The molecule has 10 heteroatoms. The van der Waals surface area contributed by atoms with Crippen molar-refractivity contribution in [3.05, 3.63) is 89.5 Å². The second kappa shape index (κ2) is 9.25. The van der Waals surface area contributed by atoms with Crippen molar-refractivity contribution in [1.29, 1.82) is 0 Å². The average molecular weight is 524 g/mol. The van der Waals surface area contributed by atoms with Crippen LogP contribution >= 0.6 is 11.6 Å². The summed E-state index contributed by atoms with van der Waals surface area (Å²) in [6.45, 7) is 1.91. The third kappa shape index (κ3) is 4.50. The van der Waals surface area contributed by atoms with E-state index in [9.17, 15) is 12.8 Å². The Labute approximate surface area is 211 Å². The number of sulfonamides is 1. The molecule has 1 N–H and O–H groups in total. The highest BCUT2D eigenvalue weighted by molar-refractivity contribution is 7.92. The van der Waals surface area contributed by atoms with Crippen LogP contribution in [0.25, 0.3) is 33.2 Å². The monoisotopic (exact) mass is 523 g/mol. The molecule has 0 aliphatic carbocycles. The topological polar surface area (TPSA) is 94.3 Å². The van der Waals surface area contributed by atoms with Crippen LogP contribution in [0.3, 0.4) is 0 Å². The maximum Gasteiger partial charge on any atom is 0.263 e. The van der Waals surface area contributed by atoms with Crippen LogP contribution in [0, 0.1) is 12.7 Å². The molecular formula is C26H19ClFN3O4S. The number of anilines is 1. The number of benzene rings is 3. The molecule has 2 aromatic heterocycles. The molecule has 182 valence electrons. The summed E-state index contributed by atoms with van der Waals surface area (Å²) in [6, 6.07) is 16.0. The first-order valence-corrected chi connectivity index (χ1v) is 12.6. The van der Waals surface area contributed by atoms with Gasteiger partial charge in [-0.25, -0.2) is 12.8 Å². The fraction of sp³-hybridized carbons (Fsp3) is 0.0769. The van der Waals surface area contributed by atoms with Crippen molar-refractivity contribution >= 4 is 38.2 Å². The number of aromatic nitrogens is 2. The number of pyridine rings is 1. The molecule has 0 saturated heterocycles. The fourth-order valence-corrected chi connectivity index (χ4v) is 5.31. The zero-order valence-corrected chi connectivity index (χ0v) is 20.7. The van der Waals surface area contributed by atoms with Gasteiger partial charge in [0.1, 0.15) is 17.8 Å². The fourth-order valence-electron chi connectivity index (χ4n) is 4.06. The quantitative estimate of drug-likeness (QED) is 0.274. The number of rotatable bonds is 6. The maximum absolute atomic E-state index is 14.0. The van der Waals surface area contributed by atoms with Gasteiger partial charge in [0.25, 0.3) is 10.0 Å². The van der Waals surface area contributed by atoms with E-state index >= 15 is 0 Å². The second-order valence-corrected chi connectivity index (χ2v) is 10.2. The number of hydrogen-bond donors (Lipinski definition) is 1. The molecule has 5 aromatic rings. The van der Waals surface area contributed by atoms with Crippen LogP contribution in [0.2, 0.25) is 5.02 Å².